The van der Waals surface area contributed by atoms with E-state index in [1.165, 1.54) is 0 Å². The summed E-state index contributed by atoms with van der Waals surface area (Å²) in [5.74, 6) is -0.0967. The van der Waals surface area contributed by atoms with E-state index >= 15 is 0 Å². The van der Waals surface area contributed by atoms with E-state index in [2.05, 4.69) is 0 Å². The molecule has 0 saturated carbocycles. The van der Waals surface area contributed by atoms with Gasteiger partial charge in [-0.1, -0.05) is 6.92 Å². The van der Waals surface area contributed by atoms with Crippen molar-refractivity contribution in [2.24, 2.45) is 5.73 Å². The largest absolute Gasteiger partial charge is 0.480 e. The van der Waals surface area contributed by atoms with Crippen molar-refractivity contribution in [1.29, 1.82) is 0 Å². The van der Waals surface area contributed by atoms with Crippen molar-refractivity contribution >= 4 is 16.3 Å². The molecule has 0 fully saturated rings. The molecule has 0 aromatic heterocycles. The second-order valence-electron chi connectivity index (χ2n) is 2.95. The highest BCUT2D eigenvalue weighted by atomic mass is 32.3. The Morgan fingerprint density at radius 2 is 2.17 bits per heavy atom. The van der Waals surface area contributed by atoms with Crippen molar-refractivity contribution in [3.8, 4) is 0 Å². The predicted molar refractivity (Wildman–Crippen MR) is 51.5 cm³/mol. The lowest BCUT2D eigenvalue weighted by Gasteiger charge is -2.30. The van der Waals surface area contributed by atoms with E-state index in [1.807, 2.05) is 19.4 Å². The summed E-state index contributed by atoms with van der Waals surface area (Å²) in [5.41, 5.74) is 5.27. The molecule has 0 aliphatic rings. The van der Waals surface area contributed by atoms with E-state index in [4.69, 9.17) is 15.0 Å². The molecule has 1 atom stereocenters. The van der Waals surface area contributed by atoms with Crippen molar-refractivity contribution in [2.45, 2.75) is 13.0 Å². The van der Waals surface area contributed by atoms with Crippen molar-refractivity contribution < 1.29 is 14.1 Å². The topological polar surface area (TPSA) is 72.5 Å². The third-order valence-electron chi connectivity index (χ3n) is 1.58. The molecule has 0 bridgehead atoms. The maximum Gasteiger partial charge on any atom is 0.322 e. The van der Waals surface area contributed by atoms with Crippen molar-refractivity contribution in [2.75, 3.05) is 24.9 Å². The lowest BCUT2D eigenvalue weighted by atomic mass is 10.3. The van der Waals surface area contributed by atoms with Crippen LogP contribution in [-0.4, -0.2) is 42.0 Å². The Hall–Kier alpha value is -0.260. The van der Waals surface area contributed by atoms with Gasteiger partial charge in [-0.25, -0.2) is 0 Å². The first-order chi connectivity index (χ1) is 5.39. The van der Waals surface area contributed by atoms with Gasteiger partial charge in [0.15, 0.2) is 0 Å². The molecule has 0 aromatic rings. The number of aliphatic carboxylic acids is 1. The molecule has 1 unspecified atom stereocenters. The zero-order valence-corrected chi connectivity index (χ0v) is 8.56. The molecule has 4 nitrogen and oxygen atoms in total. The molecule has 0 aromatic carbocycles. The Labute approximate surface area is 74.6 Å². The molecule has 0 spiro atoms. The molecule has 0 saturated heterocycles. The van der Waals surface area contributed by atoms with Gasteiger partial charge in [-0.15, -0.1) is 10.3 Å². The summed E-state index contributed by atoms with van der Waals surface area (Å²) in [7, 11) is -1.09. The Morgan fingerprint density at radius 1 is 1.67 bits per heavy atom. The first-order valence-corrected chi connectivity index (χ1v) is 6.27. The summed E-state index contributed by atoms with van der Waals surface area (Å²) in [6.45, 7) is 2.12. The third-order valence-corrected chi connectivity index (χ3v) is 3.74. The van der Waals surface area contributed by atoms with Crippen LogP contribution in [0.1, 0.15) is 6.92 Å². The molecule has 0 radical (unpaired) electrons. The summed E-state index contributed by atoms with van der Waals surface area (Å²) in [6.07, 6.45) is 3.98. The zero-order chi connectivity index (χ0) is 9.78. The summed E-state index contributed by atoms with van der Waals surface area (Å²) >= 11 is 0. The molecule has 3 N–H and O–H groups in total. The first-order valence-electron chi connectivity index (χ1n) is 3.73. The van der Waals surface area contributed by atoms with Crippen LogP contribution in [0, 0.1) is 0 Å². The van der Waals surface area contributed by atoms with Crippen LogP contribution in [-0.2, 0) is 8.98 Å². The fourth-order valence-electron chi connectivity index (χ4n) is 0.412. The molecule has 0 aliphatic carbocycles. The molecule has 74 valence electrons. The molecule has 0 heterocycles. The molecule has 0 amide bonds. The second-order valence-corrected chi connectivity index (χ2v) is 6.64. The van der Waals surface area contributed by atoms with E-state index in [1.54, 1.807) is 0 Å². The van der Waals surface area contributed by atoms with E-state index in [9.17, 15) is 4.79 Å². The van der Waals surface area contributed by atoms with Gasteiger partial charge < -0.3 is 15.0 Å². The SMILES string of the molecule is CCS(C)(C)OCC(N)C(=O)O. The highest BCUT2D eigenvalue weighted by Gasteiger charge is 2.16. The molecular weight excluding hydrogens is 178 g/mol. The average Bonchev–Trinajstić information content (AvgIpc) is 2.00. The highest BCUT2D eigenvalue weighted by Crippen LogP contribution is 2.39. The first kappa shape index (κ1) is 11.7. The quantitative estimate of drug-likeness (QED) is 0.666. The Kier molecular flexibility index (Phi) is 4.59. The highest BCUT2D eigenvalue weighted by molar-refractivity contribution is 8.28. The van der Waals surface area contributed by atoms with Crippen LogP contribution in [0.25, 0.3) is 0 Å². The minimum absolute atomic E-state index is 0.103. The van der Waals surface area contributed by atoms with Crippen molar-refractivity contribution in [3.05, 3.63) is 0 Å². The van der Waals surface area contributed by atoms with Gasteiger partial charge in [0, 0.05) is 0 Å². The van der Waals surface area contributed by atoms with Crippen LogP contribution in [0.2, 0.25) is 0 Å². The van der Waals surface area contributed by atoms with Crippen LogP contribution in [0.15, 0.2) is 0 Å². The van der Waals surface area contributed by atoms with E-state index < -0.39 is 22.3 Å². The number of nitrogens with two attached hydrogens (primary N) is 1. The number of carboxylic acids is 1. The minimum atomic E-state index is -1.09. The van der Waals surface area contributed by atoms with Gasteiger partial charge in [0.1, 0.15) is 6.04 Å². The fraction of sp³-hybridized carbons (Fsp3) is 0.857. The number of carboxylic acid groups (broad SMARTS) is 1. The van der Waals surface area contributed by atoms with E-state index in [0.29, 0.717) is 0 Å². The van der Waals surface area contributed by atoms with Crippen molar-refractivity contribution in [1.82, 2.24) is 0 Å². The van der Waals surface area contributed by atoms with Crippen LogP contribution >= 0.6 is 10.3 Å². The van der Waals surface area contributed by atoms with E-state index in [-0.39, 0.29) is 6.61 Å². The molecular formula is C7H17NO3S. The predicted octanol–water partition coefficient (Wildman–Crippen LogP) is 0.414. The van der Waals surface area contributed by atoms with Gasteiger partial charge in [-0.2, -0.15) is 0 Å². The standard InChI is InChI=1S/C7H17NO3S/c1-4-12(2,3)11-5-6(8)7(9)10/h6H,4-5,8H2,1-3H3,(H,9,10). The van der Waals surface area contributed by atoms with Crippen LogP contribution < -0.4 is 5.73 Å². The minimum Gasteiger partial charge on any atom is -0.480 e. The molecule has 5 heteroatoms. The second kappa shape index (κ2) is 4.69. The van der Waals surface area contributed by atoms with Crippen LogP contribution in [0.3, 0.4) is 0 Å². The fourth-order valence-corrected chi connectivity index (χ4v) is 1.09. The van der Waals surface area contributed by atoms with Gasteiger partial charge in [-0.05, 0) is 18.3 Å². The lowest BCUT2D eigenvalue weighted by molar-refractivity contribution is -0.139. The Bertz CT molecular complexity index is 161. The van der Waals surface area contributed by atoms with Crippen molar-refractivity contribution in [3.63, 3.8) is 0 Å². The van der Waals surface area contributed by atoms with Gasteiger partial charge in [0.2, 0.25) is 0 Å². The molecule has 12 heavy (non-hydrogen) atoms. The molecule has 0 aliphatic heterocycles. The van der Waals surface area contributed by atoms with Gasteiger partial charge in [0.05, 0.1) is 6.61 Å². The van der Waals surface area contributed by atoms with E-state index in [0.717, 1.165) is 5.75 Å². The Balaban J connectivity index is 3.75. The number of rotatable bonds is 5. The third kappa shape index (κ3) is 4.58. The average molecular weight is 195 g/mol. The Morgan fingerprint density at radius 3 is 2.50 bits per heavy atom. The van der Waals surface area contributed by atoms with Crippen LogP contribution in [0.5, 0.6) is 0 Å². The number of carbonyl (C=O) groups is 1. The number of hydrogen-bond acceptors (Lipinski definition) is 3. The lowest BCUT2D eigenvalue weighted by Crippen LogP contribution is -2.35. The van der Waals surface area contributed by atoms with Gasteiger partial charge in [0.25, 0.3) is 0 Å². The molecule has 0 rings (SSSR count). The summed E-state index contributed by atoms with van der Waals surface area (Å²) in [5, 5.41) is 8.46. The van der Waals surface area contributed by atoms with Gasteiger partial charge >= 0.3 is 5.97 Å². The monoisotopic (exact) mass is 195 g/mol. The smallest absolute Gasteiger partial charge is 0.322 e. The maximum absolute atomic E-state index is 10.3. The summed E-state index contributed by atoms with van der Waals surface area (Å²) in [4.78, 5) is 10.3. The number of hydrogen-bond donors (Lipinski definition) is 2. The maximum atomic E-state index is 10.3. The normalized spacial score (nSPS) is 15.7. The summed E-state index contributed by atoms with van der Waals surface area (Å²) in [6, 6.07) is -0.900. The summed E-state index contributed by atoms with van der Waals surface area (Å²) < 4.78 is 5.38. The van der Waals surface area contributed by atoms with Gasteiger partial charge in [-0.3, -0.25) is 4.79 Å². The zero-order valence-electron chi connectivity index (χ0n) is 7.74. The van der Waals surface area contributed by atoms with Crippen LogP contribution in [0.4, 0.5) is 0 Å².